The van der Waals surface area contributed by atoms with Crippen molar-refractivity contribution in [2.24, 2.45) is 0 Å². The van der Waals surface area contributed by atoms with Gasteiger partial charge in [-0.3, -0.25) is 0 Å². The number of carbonyl (C=O) groups is 1. The molecule has 2 N–H and O–H groups in total. The van der Waals surface area contributed by atoms with Crippen LogP contribution in [0.5, 0.6) is 5.75 Å². The number of phenols is 1. The monoisotopic (exact) mass is 231 g/mol. The molecule has 1 aromatic carbocycles. The molecular weight excluding hydrogens is 214 g/mol. The van der Waals surface area contributed by atoms with E-state index in [1.54, 1.807) is 0 Å². The Morgan fingerprint density at radius 1 is 1.41 bits per heavy atom. The van der Waals surface area contributed by atoms with Crippen LogP contribution in [0.3, 0.4) is 0 Å². The number of benzene rings is 1. The summed E-state index contributed by atoms with van der Waals surface area (Å²) in [6, 6.07) is 3.85. The van der Waals surface area contributed by atoms with Gasteiger partial charge in [-0.1, -0.05) is 13.0 Å². The lowest BCUT2D eigenvalue weighted by molar-refractivity contribution is -0.108. The van der Waals surface area contributed by atoms with Gasteiger partial charge >= 0.3 is 0 Å². The van der Waals surface area contributed by atoms with E-state index in [1.165, 1.54) is 0 Å². The van der Waals surface area contributed by atoms with Crippen molar-refractivity contribution < 1.29 is 9.90 Å². The molecule has 0 aliphatic rings. The molecule has 1 unspecified atom stereocenters. The van der Waals surface area contributed by atoms with Crippen LogP contribution in [0.25, 0.3) is 10.9 Å². The summed E-state index contributed by atoms with van der Waals surface area (Å²) in [6.45, 7) is 5.93. The zero-order chi connectivity index (χ0) is 12.6. The summed E-state index contributed by atoms with van der Waals surface area (Å²) >= 11 is 0. The van der Waals surface area contributed by atoms with Crippen LogP contribution in [0.15, 0.2) is 12.1 Å². The van der Waals surface area contributed by atoms with Crippen LogP contribution >= 0.6 is 0 Å². The molecule has 1 heterocycles. The van der Waals surface area contributed by atoms with Crippen LogP contribution < -0.4 is 0 Å². The minimum absolute atomic E-state index is 0.0477. The first kappa shape index (κ1) is 11.7. The van der Waals surface area contributed by atoms with Gasteiger partial charge in [-0.15, -0.1) is 0 Å². The van der Waals surface area contributed by atoms with Crippen LogP contribution in [0.4, 0.5) is 0 Å². The van der Waals surface area contributed by atoms with Crippen molar-refractivity contribution in [3.63, 3.8) is 0 Å². The first-order valence-corrected chi connectivity index (χ1v) is 5.80. The minimum Gasteiger partial charge on any atom is -0.507 e. The third-order valence-corrected chi connectivity index (χ3v) is 3.45. The lowest BCUT2D eigenvalue weighted by Crippen LogP contribution is -1.95. The molecule has 0 aliphatic carbocycles. The van der Waals surface area contributed by atoms with E-state index in [9.17, 15) is 9.90 Å². The lowest BCUT2D eigenvalue weighted by Gasteiger charge is -2.11. The molecule has 0 radical (unpaired) electrons. The van der Waals surface area contributed by atoms with E-state index < -0.39 is 0 Å². The highest BCUT2D eigenvalue weighted by Gasteiger charge is 2.16. The summed E-state index contributed by atoms with van der Waals surface area (Å²) in [5.41, 5.74) is 3.92. The van der Waals surface area contributed by atoms with Gasteiger partial charge in [0.05, 0.1) is 0 Å². The summed E-state index contributed by atoms with van der Waals surface area (Å²) in [7, 11) is 0. The minimum atomic E-state index is 0.0477. The highest BCUT2D eigenvalue weighted by atomic mass is 16.3. The maximum atomic E-state index is 10.5. The number of rotatable bonds is 3. The molecule has 0 saturated heterocycles. The number of aromatic nitrogens is 1. The second-order valence-corrected chi connectivity index (χ2v) is 4.60. The van der Waals surface area contributed by atoms with Crippen molar-refractivity contribution in [3.8, 4) is 5.75 Å². The molecule has 0 saturated carbocycles. The quantitative estimate of drug-likeness (QED) is 0.797. The maximum absolute atomic E-state index is 10.5. The van der Waals surface area contributed by atoms with E-state index >= 15 is 0 Å². The van der Waals surface area contributed by atoms with E-state index in [0.717, 1.165) is 34.0 Å². The maximum Gasteiger partial charge on any atom is 0.128 e. The molecule has 90 valence electrons. The molecule has 0 aliphatic heterocycles. The van der Waals surface area contributed by atoms with Crippen molar-refractivity contribution in [1.29, 1.82) is 0 Å². The molecule has 0 fully saturated rings. The normalized spacial score (nSPS) is 12.9. The largest absolute Gasteiger partial charge is 0.507 e. The standard InChI is InChI=1S/C14H17NO2/c1-8(6-7-16)11-4-5-12-13(14(11)17)9(2)10(3)15-12/h4-5,7-8,15,17H,6H2,1-3H3. The topological polar surface area (TPSA) is 53.1 Å². The summed E-state index contributed by atoms with van der Waals surface area (Å²) in [5, 5.41) is 11.2. The molecule has 0 spiro atoms. The lowest BCUT2D eigenvalue weighted by atomic mass is 9.95. The summed E-state index contributed by atoms with van der Waals surface area (Å²) in [6.07, 6.45) is 1.32. The number of phenolic OH excluding ortho intramolecular Hbond substituents is 1. The first-order valence-electron chi connectivity index (χ1n) is 5.80. The number of H-pyrrole nitrogens is 1. The summed E-state index contributed by atoms with van der Waals surface area (Å²) in [4.78, 5) is 13.8. The number of fused-ring (bicyclic) bond motifs is 1. The van der Waals surface area contributed by atoms with Crippen molar-refractivity contribution in [2.45, 2.75) is 33.1 Å². The molecule has 0 bridgehead atoms. The Hall–Kier alpha value is -1.77. The van der Waals surface area contributed by atoms with Crippen LogP contribution in [0.1, 0.15) is 36.1 Å². The van der Waals surface area contributed by atoms with Crippen molar-refractivity contribution in [1.82, 2.24) is 4.98 Å². The number of nitrogens with one attached hydrogen (secondary N) is 1. The third kappa shape index (κ3) is 1.82. The number of carbonyl (C=O) groups excluding carboxylic acids is 1. The summed E-state index contributed by atoms with van der Waals surface area (Å²) < 4.78 is 0. The smallest absolute Gasteiger partial charge is 0.128 e. The summed E-state index contributed by atoms with van der Waals surface area (Å²) in [5.74, 6) is 0.352. The Labute approximate surface area is 100 Å². The number of aromatic amines is 1. The van der Waals surface area contributed by atoms with Crippen molar-refractivity contribution in [2.75, 3.05) is 0 Å². The predicted octanol–water partition coefficient (Wildman–Crippen LogP) is 3.18. The van der Waals surface area contributed by atoms with E-state index in [-0.39, 0.29) is 5.92 Å². The van der Waals surface area contributed by atoms with Gasteiger partial charge in [0.15, 0.2) is 0 Å². The fraction of sp³-hybridized carbons (Fsp3) is 0.357. The van der Waals surface area contributed by atoms with Gasteiger partial charge in [0, 0.05) is 23.0 Å². The highest BCUT2D eigenvalue weighted by molar-refractivity contribution is 5.91. The first-order chi connectivity index (χ1) is 8.06. The van der Waals surface area contributed by atoms with Gasteiger partial charge in [0.25, 0.3) is 0 Å². The van der Waals surface area contributed by atoms with Gasteiger partial charge in [0.2, 0.25) is 0 Å². The Morgan fingerprint density at radius 3 is 2.76 bits per heavy atom. The highest BCUT2D eigenvalue weighted by Crippen LogP contribution is 2.36. The van der Waals surface area contributed by atoms with Crippen LogP contribution in [0.2, 0.25) is 0 Å². The Balaban J connectivity index is 2.64. The van der Waals surface area contributed by atoms with Crippen molar-refractivity contribution in [3.05, 3.63) is 29.0 Å². The Kier molecular flexibility index (Phi) is 2.92. The second kappa shape index (κ2) is 4.24. The van der Waals surface area contributed by atoms with E-state index in [4.69, 9.17) is 0 Å². The van der Waals surface area contributed by atoms with Gasteiger partial charge < -0.3 is 14.9 Å². The molecule has 1 aromatic heterocycles. The molecule has 3 heteroatoms. The molecule has 2 rings (SSSR count). The predicted molar refractivity (Wildman–Crippen MR) is 68.5 cm³/mol. The van der Waals surface area contributed by atoms with Crippen molar-refractivity contribution >= 4 is 17.2 Å². The average Bonchev–Trinajstić information content (AvgIpc) is 2.56. The SMILES string of the molecule is Cc1[nH]c2ccc(C(C)CC=O)c(O)c2c1C. The number of hydrogen-bond donors (Lipinski definition) is 2. The molecule has 2 aromatic rings. The van der Waals surface area contributed by atoms with E-state index in [1.807, 2.05) is 32.9 Å². The molecule has 0 amide bonds. The molecule has 17 heavy (non-hydrogen) atoms. The molecule has 1 atom stereocenters. The Morgan fingerprint density at radius 2 is 2.12 bits per heavy atom. The second-order valence-electron chi connectivity index (χ2n) is 4.60. The fourth-order valence-corrected chi connectivity index (χ4v) is 2.24. The van der Waals surface area contributed by atoms with E-state index in [2.05, 4.69) is 4.98 Å². The molecular formula is C14H17NO2. The van der Waals surface area contributed by atoms with Crippen LogP contribution in [-0.2, 0) is 4.79 Å². The number of aromatic hydroxyl groups is 1. The van der Waals surface area contributed by atoms with Crippen LogP contribution in [0, 0.1) is 13.8 Å². The number of hydrogen-bond acceptors (Lipinski definition) is 2. The third-order valence-electron chi connectivity index (χ3n) is 3.45. The van der Waals surface area contributed by atoms with Gasteiger partial charge in [-0.05, 0) is 37.0 Å². The average molecular weight is 231 g/mol. The fourth-order valence-electron chi connectivity index (χ4n) is 2.24. The zero-order valence-electron chi connectivity index (χ0n) is 10.4. The number of aryl methyl sites for hydroxylation is 2. The Bertz CT molecular complexity index is 569. The van der Waals surface area contributed by atoms with Gasteiger partial charge in [0.1, 0.15) is 12.0 Å². The zero-order valence-corrected chi connectivity index (χ0v) is 10.4. The molecule has 3 nitrogen and oxygen atoms in total. The number of aldehydes is 1. The van der Waals surface area contributed by atoms with Gasteiger partial charge in [-0.2, -0.15) is 0 Å². The van der Waals surface area contributed by atoms with E-state index in [0.29, 0.717) is 12.2 Å². The van der Waals surface area contributed by atoms with Crippen LogP contribution in [-0.4, -0.2) is 16.4 Å². The van der Waals surface area contributed by atoms with Gasteiger partial charge in [-0.25, -0.2) is 0 Å².